The summed E-state index contributed by atoms with van der Waals surface area (Å²) in [6.45, 7) is 1.75. The highest BCUT2D eigenvalue weighted by Gasteiger charge is 2.15. The molecule has 0 spiro atoms. The summed E-state index contributed by atoms with van der Waals surface area (Å²) >= 11 is 0. The summed E-state index contributed by atoms with van der Waals surface area (Å²) in [6.07, 6.45) is 0. The molecule has 0 aliphatic heterocycles. The van der Waals surface area contributed by atoms with Gasteiger partial charge in [0.05, 0.1) is 11.5 Å². The maximum absolute atomic E-state index is 12.3. The summed E-state index contributed by atoms with van der Waals surface area (Å²) < 4.78 is 29.7. The minimum atomic E-state index is -3.85. The number of urea groups is 1. The zero-order valence-corrected chi connectivity index (χ0v) is 16.1. The van der Waals surface area contributed by atoms with E-state index < -0.39 is 16.1 Å². The van der Waals surface area contributed by atoms with Crippen molar-refractivity contribution in [3.63, 3.8) is 0 Å². The van der Waals surface area contributed by atoms with E-state index in [-0.39, 0.29) is 11.5 Å². The molecule has 0 saturated heterocycles. The molecule has 0 fully saturated rings. The number of carbonyl (C=O) groups excluding carboxylic acids is 1. The molecule has 7 heteroatoms. The van der Waals surface area contributed by atoms with Crippen molar-refractivity contribution in [3.05, 3.63) is 90.0 Å². The van der Waals surface area contributed by atoms with Crippen LogP contribution in [0.3, 0.4) is 0 Å². The average Bonchev–Trinajstić information content (AvgIpc) is 2.68. The van der Waals surface area contributed by atoms with Gasteiger partial charge in [-0.15, -0.1) is 0 Å². The SMILES string of the molecule is Cc1ccc(S(=O)(=O)OCc2cccc(NC(=O)Nc3ccccc3)c2)cc1. The Morgan fingerprint density at radius 1 is 0.857 bits per heavy atom. The Hall–Kier alpha value is -3.16. The third-order valence-corrected chi connectivity index (χ3v) is 5.18. The molecule has 0 saturated carbocycles. The van der Waals surface area contributed by atoms with Gasteiger partial charge in [-0.25, -0.2) is 4.79 Å². The first kappa shape index (κ1) is 19.6. The van der Waals surface area contributed by atoms with Gasteiger partial charge in [0, 0.05) is 11.4 Å². The largest absolute Gasteiger partial charge is 0.323 e. The number of hydrogen-bond donors (Lipinski definition) is 2. The molecule has 0 heterocycles. The van der Waals surface area contributed by atoms with Gasteiger partial charge in [-0.1, -0.05) is 48.0 Å². The molecule has 0 unspecified atom stereocenters. The Morgan fingerprint density at radius 3 is 2.21 bits per heavy atom. The number of para-hydroxylation sites is 1. The summed E-state index contributed by atoms with van der Waals surface area (Å²) in [7, 11) is -3.85. The predicted molar refractivity (Wildman–Crippen MR) is 109 cm³/mol. The van der Waals surface area contributed by atoms with Crippen molar-refractivity contribution in [1.29, 1.82) is 0 Å². The molecule has 0 bridgehead atoms. The van der Waals surface area contributed by atoms with Crippen LogP contribution in [0, 0.1) is 6.92 Å². The summed E-state index contributed by atoms with van der Waals surface area (Å²) in [5, 5.41) is 5.43. The first-order valence-corrected chi connectivity index (χ1v) is 10.0. The van der Waals surface area contributed by atoms with Crippen LogP contribution in [0.1, 0.15) is 11.1 Å². The number of rotatable bonds is 6. The molecule has 2 amide bonds. The van der Waals surface area contributed by atoms with Crippen LogP contribution in [0.25, 0.3) is 0 Å². The smallest absolute Gasteiger partial charge is 0.308 e. The monoisotopic (exact) mass is 396 g/mol. The van der Waals surface area contributed by atoms with Crippen molar-refractivity contribution in [1.82, 2.24) is 0 Å². The molecule has 0 aliphatic rings. The Labute approximate surface area is 164 Å². The van der Waals surface area contributed by atoms with Crippen LogP contribution >= 0.6 is 0 Å². The maximum Gasteiger partial charge on any atom is 0.323 e. The lowest BCUT2D eigenvalue weighted by Gasteiger charge is -2.10. The second-order valence-electron chi connectivity index (χ2n) is 6.17. The third-order valence-electron chi connectivity index (χ3n) is 3.91. The fourth-order valence-corrected chi connectivity index (χ4v) is 3.37. The van der Waals surface area contributed by atoms with E-state index in [9.17, 15) is 13.2 Å². The van der Waals surface area contributed by atoms with Crippen LogP contribution in [0.5, 0.6) is 0 Å². The Morgan fingerprint density at radius 2 is 1.50 bits per heavy atom. The third kappa shape index (κ3) is 5.42. The summed E-state index contributed by atoms with van der Waals surface area (Å²) in [5.74, 6) is 0. The lowest BCUT2D eigenvalue weighted by atomic mass is 10.2. The van der Waals surface area contributed by atoms with Gasteiger partial charge in [-0.2, -0.15) is 8.42 Å². The van der Waals surface area contributed by atoms with Gasteiger partial charge in [-0.3, -0.25) is 4.18 Å². The number of amides is 2. The van der Waals surface area contributed by atoms with Crippen molar-refractivity contribution in [2.75, 3.05) is 10.6 Å². The molecule has 2 N–H and O–H groups in total. The summed E-state index contributed by atoms with van der Waals surface area (Å²) in [4.78, 5) is 12.2. The minimum Gasteiger partial charge on any atom is -0.308 e. The lowest BCUT2D eigenvalue weighted by molar-refractivity contribution is 0.262. The van der Waals surface area contributed by atoms with E-state index in [1.165, 1.54) is 12.1 Å². The van der Waals surface area contributed by atoms with Gasteiger partial charge in [0.15, 0.2) is 0 Å². The van der Waals surface area contributed by atoms with Gasteiger partial charge < -0.3 is 10.6 Å². The molecule has 0 atom stereocenters. The number of aryl methyl sites for hydroxylation is 1. The number of anilines is 2. The van der Waals surface area contributed by atoms with Crippen LogP contribution < -0.4 is 10.6 Å². The molecular formula is C21H20N2O4S. The van der Waals surface area contributed by atoms with E-state index >= 15 is 0 Å². The number of hydrogen-bond acceptors (Lipinski definition) is 4. The van der Waals surface area contributed by atoms with E-state index in [1.54, 1.807) is 48.5 Å². The highest BCUT2D eigenvalue weighted by Crippen LogP contribution is 2.17. The van der Waals surface area contributed by atoms with Crippen molar-refractivity contribution in [3.8, 4) is 0 Å². The lowest BCUT2D eigenvalue weighted by Crippen LogP contribution is -2.19. The van der Waals surface area contributed by atoms with Crippen molar-refractivity contribution >= 4 is 27.5 Å². The highest BCUT2D eigenvalue weighted by atomic mass is 32.2. The second kappa shape index (κ2) is 8.69. The normalized spacial score (nSPS) is 11.0. The molecule has 144 valence electrons. The minimum absolute atomic E-state index is 0.106. The van der Waals surface area contributed by atoms with Gasteiger partial charge in [0.2, 0.25) is 0 Å². The van der Waals surface area contributed by atoms with Crippen molar-refractivity contribution in [2.24, 2.45) is 0 Å². The average molecular weight is 396 g/mol. The van der Waals surface area contributed by atoms with Gasteiger partial charge in [0.25, 0.3) is 10.1 Å². The Bertz CT molecular complexity index is 1050. The van der Waals surface area contributed by atoms with E-state index in [2.05, 4.69) is 10.6 Å². The van der Waals surface area contributed by atoms with Crippen LogP contribution in [-0.4, -0.2) is 14.4 Å². The molecule has 3 aromatic rings. The molecule has 3 rings (SSSR count). The van der Waals surface area contributed by atoms with Crippen LogP contribution in [-0.2, 0) is 20.9 Å². The first-order chi connectivity index (χ1) is 13.4. The van der Waals surface area contributed by atoms with Crippen LogP contribution in [0.2, 0.25) is 0 Å². The molecule has 28 heavy (non-hydrogen) atoms. The molecule has 3 aromatic carbocycles. The molecule has 6 nitrogen and oxygen atoms in total. The van der Waals surface area contributed by atoms with Crippen molar-refractivity contribution in [2.45, 2.75) is 18.4 Å². The Balaban J connectivity index is 1.61. The predicted octanol–water partition coefficient (Wildman–Crippen LogP) is 4.54. The molecule has 0 aliphatic carbocycles. The standard InChI is InChI=1S/C21H20N2O4S/c1-16-10-12-20(13-11-16)28(25,26)27-15-17-6-5-9-19(14-17)23-21(24)22-18-7-3-2-4-8-18/h2-14H,15H2,1H3,(H2,22,23,24). The second-order valence-corrected chi connectivity index (χ2v) is 7.79. The van der Waals surface area contributed by atoms with E-state index in [0.29, 0.717) is 16.9 Å². The zero-order valence-electron chi connectivity index (χ0n) is 15.3. The molecule has 0 aromatic heterocycles. The fourth-order valence-electron chi connectivity index (χ4n) is 2.47. The zero-order chi connectivity index (χ0) is 20.0. The van der Waals surface area contributed by atoms with E-state index in [1.807, 2.05) is 25.1 Å². The van der Waals surface area contributed by atoms with E-state index in [4.69, 9.17) is 4.18 Å². The number of benzene rings is 3. The first-order valence-electron chi connectivity index (χ1n) is 8.60. The van der Waals surface area contributed by atoms with Crippen LogP contribution in [0.15, 0.2) is 83.8 Å². The van der Waals surface area contributed by atoms with Gasteiger partial charge in [0.1, 0.15) is 0 Å². The summed E-state index contributed by atoms with van der Waals surface area (Å²) in [6, 6.07) is 21.9. The van der Waals surface area contributed by atoms with Crippen LogP contribution in [0.4, 0.5) is 16.2 Å². The maximum atomic E-state index is 12.3. The highest BCUT2D eigenvalue weighted by molar-refractivity contribution is 7.86. The number of nitrogens with one attached hydrogen (secondary N) is 2. The van der Waals surface area contributed by atoms with Gasteiger partial charge in [-0.05, 0) is 48.9 Å². The molecular weight excluding hydrogens is 376 g/mol. The van der Waals surface area contributed by atoms with E-state index in [0.717, 1.165) is 5.56 Å². The fraction of sp³-hybridized carbons (Fsp3) is 0.0952. The van der Waals surface area contributed by atoms with Gasteiger partial charge >= 0.3 is 6.03 Å². The molecule has 0 radical (unpaired) electrons. The quantitative estimate of drug-likeness (QED) is 0.599. The topological polar surface area (TPSA) is 84.5 Å². The van der Waals surface area contributed by atoms with Crippen molar-refractivity contribution < 1.29 is 17.4 Å². The Kier molecular flexibility index (Phi) is 6.08. The summed E-state index contributed by atoms with van der Waals surface area (Å²) in [5.41, 5.74) is 2.78. The number of carbonyl (C=O) groups is 1.